The summed E-state index contributed by atoms with van der Waals surface area (Å²) in [6.45, 7) is 8.43. The molecule has 0 fully saturated rings. The monoisotopic (exact) mass is 128 g/mol. The van der Waals surface area contributed by atoms with Crippen LogP contribution in [0.15, 0.2) is 11.3 Å². The molecule has 1 heteroatoms. The van der Waals surface area contributed by atoms with Crippen molar-refractivity contribution in [3.05, 3.63) is 11.3 Å². The number of hydrogen-bond acceptors (Lipinski definition) is 1. The Labute approximate surface area is 57.7 Å². The summed E-state index contributed by atoms with van der Waals surface area (Å²) in [4.78, 5) is 0. The molecule has 0 radical (unpaired) electrons. The van der Waals surface area contributed by atoms with E-state index in [1.54, 1.807) is 7.11 Å². The Kier molecular flexibility index (Phi) is 3.36. The topological polar surface area (TPSA) is 9.23 Å². The smallest absolute Gasteiger partial charge is 0.0916 e. The van der Waals surface area contributed by atoms with E-state index in [2.05, 4.69) is 20.8 Å². The lowest BCUT2D eigenvalue weighted by atomic mass is 10.0. The van der Waals surface area contributed by atoms with Gasteiger partial charge in [0.1, 0.15) is 0 Å². The Hall–Kier alpha value is -0.460. The minimum atomic E-state index is 0.602. The van der Waals surface area contributed by atoms with Crippen molar-refractivity contribution in [1.82, 2.24) is 0 Å². The molecule has 0 saturated heterocycles. The van der Waals surface area contributed by atoms with Crippen molar-refractivity contribution in [3.8, 4) is 0 Å². The maximum absolute atomic E-state index is 5.05. The van der Waals surface area contributed by atoms with Crippen molar-refractivity contribution in [1.29, 1.82) is 0 Å². The second kappa shape index (κ2) is 3.54. The zero-order valence-corrected chi connectivity index (χ0v) is 6.99. The third kappa shape index (κ3) is 2.54. The predicted octanol–water partition coefficient (Wildman–Crippen LogP) is 2.58. The van der Waals surface area contributed by atoms with Crippen molar-refractivity contribution in [2.75, 3.05) is 7.11 Å². The first-order valence-corrected chi connectivity index (χ1v) is 3.31. The van der Waals surface area contributed by atoms with Gasteiger partial charge in [-0.2, -0.15) is 0 Å². The van der Waals surface area contributed by atoms with Crippen LogP contribution in [0.3, 0.4) is 0 Å². The maximum Gasteiger partial charge on any atom is 0.0916 e. The van der Waals surface area contributed by atoms with Gasteiger partial charge in [-0.3, -0.25) is 0 Å². The molecule has 0 saturated carbocycles. The second-order valence-corrected chi connectivity index (χ2v) is 2.60. The number of allylic oxidation sites excluding steroid dienone is 2. The molecule has 9 heavy (non-hydrogen) atoms. The summed E-state index contributed by atoms with van der Waals surface area (Å²) in [6, 6.07) is 0. The largest absolute Gasteiger partial charge is 0.501 e. The van der Waals surface area contributed by atoms with Crippen LogP contribution in [0, 0.1) is 5.92 Å². The average Bonchev–Trinajstić information content (AvgIpc) is 1.84. The van der Waals surface area contributed by atoms with Crippen LogP contribution in [0.25, 0.3) is 0 Å². The van der Waals surface area contributed by atoms with E-state index in [9.17, 15) is 0 Å². The standard InChI is InChI=1S/C8H16O/c1-6(2)7(3)8(4)9-5/h6H,1-5H3. The zero-order valence-electron chi connectivity index (χ0n) is 6.99. The fourth-order valence-corrected chi connectivity index (χ4v) is 0.568. The molecule has 0 rings (SSSR count). The van der Waals surface area contributed by atoms with Crippen LogP contribution in [0.4, 0.5) is 0 Å². The van der Waals surface area contributed by atoms with Crippen LogP contribution in [-0.4, -0.2) is 7.11 Å². The predicted molar refractivity (Wildman–Crippen MR) is 40.2 cm³/mol. The molecule has 0 heterocycles. The molecule has 0 N–H and O–H groups in total. The van der Waals surface area contributed by atoms with Crippen molar-refractivity contribution < 1.29 is 4.74 Å². The Morgan fingerprint density at radius 3 is 1.78 bits per heavy atom. The number of rotatable bonds is 2. The molecule has 0 bridgehead atoms. The van der Waals surface area contributed by atoms with Gasteiger partial charge < -0.3 is 4.74 Å². The highest BCUT2D eigenvalue weighted by Gasteiger charge is 1.99. The third-order valence-corrected chi connectivity index (χ3v) is 1.73. The minimum Gasteiger partial charge on any atom is -0.501 e. The average molecular weight is 128 g/mol. The summed E-state index contributed by atoms with van der Waals surface area (Å²) in [7, 11) is 1.71. The van der Waals surface area contributed by atoms with Crippen LogP contribution in [0.5, 0.6) is 0 Å². The molecule has 0 amide bonds. The zero-order chi connectivity index (χ0) is 7.44. The lowest BCUT2D eigenvalue weighted by molar-refractivity contribution is 0.285. The summed E-state index contributed by atoms with van der Waals surface area (Å²) < 4.78 is 5.05. The highest BCUT2D eigenvalue weighted by molar-refractivity contribution is 5.05. The third-order valence-electron chi connectivity index (χ3n) is 1.73. The van der Waals surface area contributed by atoms with Crippen molar-refractivity contribution >= 4 is 0 Å². The first-order valence-electron chi connectivity index (χ1n) is 3.31. The van der Waals surface area contributed by atoms with Crippen LogP contribution in [-0.2, 0) is 4.74 Å². The molecule has 0 aromatic heterocycles. The van der Waals surface area contributed by atoms with E-state index in [1.807, 2.05) is 6.92 Å². The quantitative estimate of drug-likeness (QED) is 0.519. The lowest BCUT2D eigenvalue weighted by Crippen LogP contribution is -1.94. The Morgan fingerprint density at radius 1 is 1.22 bits per heavy atom. The summed E-state index contributed by atoms with van der Waals surface area (Å²) in [5, 5.41) is 0. The fourth-order valence-electron chi connectivity index (χ4n) is 0.568. The first kappa shape index (κ1) is 8.54. The van der Waals surface area contributed by atoms with E-state index in [4.69, 9.17) is 4.74 Å². The molecular formula is C8H16O. The molecule has 54 valence electrons. The van der Waals surface area contributed by atoms with Gasteiger partial charge in [-0.15, -0.1) is 0 Å². The molecule has 0 aliphatic rings. The highest BCUT2D eigenvalue weighted by atomic mass is 16.5. The van der Waals surface area contributed by atoms with E-state index in [1.165, 1.54) is 5.57 Å². The second-order valence-electron chi connectivity index (χ2n) is 2.60. The Bertz CT molecular complexity index is 112. The minimum absolute atomic E-state index is 0.602. The van der Waals surface area contributed by atoms with Gasteiger partial charge in [0.05, 0.1) is 12.9 Å². The van der Waals surface area contributed by atoms with Gasteiger partial charge >= 0.3 is 0 Å². The Morgan fingerprint density at radius 2 is 1.67 bits per heavy atom. The maximum atomic E-state index is 5.05. The highest BCUT2D eigenvalue weighted by Crippen LogP contribution is 2.13. The number of methoxy groups -OCH3 is 1. The molecule has 0 spiro atoms. The molecule has 0 unspecified atom stereocenters. The van der Waals surface area contributed by atoms with Crippen molar-refractivity contribution in [2.24, 2.45) is 5.92 Å². The van der Waals surface area contributed by atoms with Crippen LogP contribution < -0.4 is 0 Å². The van der Waals surface area contributed by atoms with Gasteiger partial charge in [0.25, 0.3) is 0 Å². The van der Waals surface area contributed by atoms with Gasteiger partial charge in [-0.25, -0.2) is 0 Å². The summed E-state index contributed by atoms with van der Waals surface area (Å²) in [5.74, 6) is 1.65. The Balaban J connectivity index is 4.10. The fraction of sp³-hybridized carbons (Fsp3) is 0.750. The molecular weight excluding hydrogens is 112 g/mol. The number of ether oxygens (including phenoxy) is 1. The first-order chi connectivity index (χ1) is 4.09. The van der Waals surface area contributed by atoms with Gasteiger partial charge in [0.2, 0.25) is 0 Å². The summed E-state index contributed by atoms with van der Waals surface area (Å²) >= 11 is 0. The van der Waals surface area contributed by atoms with Gasteiger partial charge in [0, 0.05) is 0 Å². The molecule has 1 nitrogen and oxygen atoms in total. The van der Waals surface area contributed by atoms with Gasteiger partial charge in [-0.1, -0.05) is 13.8 Å². The van der Waals surface area contributed by atoms with Crippen molar-refractivity contribution in [3.63, 3.8) is 0 Å². The van der Waals surface area contributed by atoms with Crippen LogP contribution in [0.1, 0.15) is 27.7 Å². The molecule has 0 aliphatic carbocycles. The van der Waals surface area contributed by atoms with Gasteiger partial charge in [0.15, 0.2) is 0 Å². The lowest BCUT2D eigenvalue weighted by Gasteiger charge is -2.08. The van der Waals surface area contributed by atoms with Crippen LogP contribution in [0.2, 0.25) is 0 Å². The van der Waals surface area contributed by atoms with Crippen molar-refractivity contribution in [2.45, 2.75) is 27.7 Å². The van der Waals surface area contributed by atoms with E-state index < -0.39 is 0 Å². The summed E-state index contributed by atoms with van der Waals surface area (Å²) in [6.07, 6.45) is 0. The van der Waals surface area contributed by atoms with Gasteiger partial charge in [-0.05, 0) is 25.3 Å². The number of hydrogen-bond donors (Lipinski definition) is 0. The summed E-state index contributed by atoms with van der Waals surface area (Å²) in [5.41, 5.74) is 1.33. The van der Waals surface area contributed by atoms with E-state index in [-0.39, 0.29) is 0 Å². The normalized spacial score (nSPS) is 13.6. The van der Waals surface area contributed by atoms with E-state index >= 15 is 0 Å². The molecule has 0 aromatic carbocycles. The van der Waals surface area contributed by atoms with Crippen LogP contribution >= 0.6 is 0 Å². The SMILES string of the molecule is COC(C)=C(C)C(C)C. The van der Waals surface area contributed by atoms with E-state index in [0.717, 1.165) is 5.76 Å². The van der Waals surface area contributed by atoms with E-state index in [0.29, 0.717) is 5.92 Å². The molecule has 0 aromatic rings. The molecule has 0 atom stereocenters. The molecule has 0 aliphatic heterocycles.